The molecule has 0 radical (unpaired) electrons. The number of amides is 1. The van der Waals surface area contributed by atoms with Crippen LogP contribution in [0.5, 0.6) is 0 Å². The van der Waals surface area contributed by atoms with Crippen LogP contribution in [0.1, 0.15) is 62.4 Å². The van der Waals surface area contributed by atoms with E-state index in [-0.39, 0.29) is 24.2 Å². The maximum atomic E-state index is 12.9. The normalized spacial score (nSPS) is 24.1. The topological polar surface area (TPSA) is 65.0 Å². The maximum Gasteiger partial charge on any atom is 0.252 e. The minimum atomic E-state index is -0.370. The third kappa shape index (κ3) is 5.26. The molecule has 2 aliphatic rings. The van der Waals surface area contributed by atoms with E-state index in [1.54, 1.807) is 17.4 Å². The highest BCUT2D eigenvalue weighted by molar-refractivity contribution is 7.14. The highest BCUT2D eigenvalue weighted by Gasteiger charge is 2.29. The molecule has 1 fully saturated rings. The number of carbonyl (C=O) groups is 2. The molecule has 0 aromatic carbocycles. The van der Waals surface area contributed by atoms with Crippen LogP contribution in [0.2, 0.25) is 0 Å². The van der Waals surface area contributed by atoms with E-state index in [1.165, 1.54) is 30.7 Å². The molecule has 1 aromatic heterocycles. The number of anilines is 1. The van der Waals surface area contributed by atoms with Crippen molar-refractivity contribution in [3.05, 3.63) is 28.3 Å². The van der Waals surface area contributed by atoms with E-state index < -0.39 is 0 Å². The SMILES string of the molecule is CCN(c1scc(C(=O)NCC2C(=O)C=C(C)N=C2C)c1C)C1CCC(N(C)C)CC1. The Hall–Kier alpha value is -1.99. The first kappa shape index (κ1) is 23.7. The van der Waals surface area contributed by atoms with Crippen LogP contribution in [-0.2, 0) is 4.79 Å². The van der Waals surface area contributed by atoms with Gasteiger partial charge in [0, 0.05) is 48.0 Å². The molecule has 170 valence electrons. The lowest BCUT2D eigenvalue weighted by molar-refractivity contribution is -0.116. The molecule has 2 heterocycles. The van der Waals surface area contributed by atoms with Crippen LogP contribution in [0.15, 0.2) is 22.1 Å². The number of rotatable bonds is 7. The summed E-state index contributed by atoms with van der Waals surface area (Å²) in [5, 5.41) is 6.13. The zero-order chi connectivity index (χ0) is 22.7. The summed E-state index contributed by atoms with van der Waals surface area (Å²) in [6.45, 7) is 9.13. The Kier molecular flexibility index (Phi) is 7.70. The second-order valence-corrected chi connectivity index (χ2v) is 9.85. The molecular formula is C24H36N4O2S. The Morgan fingerprint density at radius 3 is 2.39 bits per heavy atom. The zero-order valence-corrected chi connectivity index (χ0v) is 20.5. The summed E-state index contributed by atoms with van der Waals surface area (Å²) in [4.78, 5) is 34.4. The van der Waals surface area contributed by atoms with Gasteiger partial charge in [0.15, 0.2) is 5.78 Å². The Morgan fingerprint density at radius 1 is 1.16 bits per heavy atom. The van der Waals surface area contributed by atoms with Crippen LogP contribution in [-0.4, -0.2) is 61.6 Å². The molecule has 1 unspecified atom stereocenters. The number of nitrogens with zero attached hydrogens (tertiary/aromatic N) is 3. The minimum absolute atomic E-state index is 0.0125. The Labute approximate surface area is 190 Å². The zero-order valence-electron chi connectivity index (χ0n) is 19.7. The summed E-state index contributed by atoms with van der Waals surface area (Å²) in [6.07, 6.45) is 6.37. The Balaban J connectivity index is 1.65. The van der Waals surface area contributed by atoms with Crippen LogP contribution in [0.25, 0.3) is 0 Å². The molecule has 1 N–H and O–H groups in total. The fourth-order valence-electron chi connectivity index (χ4n) is 4.81. The molecule has 1 saturated carbocycles. The summed E-state index contributed by atoms with van der Waals surface area (Å²) in [7, 11) is 4.34. The lowest BCUT2D eigenvalue weighted by Crippen LogP contribution is -2.42. The van der Waals surface area contributed by atoms with Gasteiger partial charge in [-0.25, -0.2) is 0 Å². The molecule has 3 rings (SSSR count). The molecule has 7 heteroatoms. The average molecular weight is 445 g/mol. The third-order valence-electron chi connectivity index (χ3n) is 6.72. The van der Waals surface area contributed by atoms with Crippen LogP contribution < -0.4 is 10.2 Å². The molecule has 1 aliphatic heterocycles. The molecule has 31 heavy (non-hydrogen) atoms. The summed E-state index contributed by atoms with van der Waals surface area (Å²) in [6, 6.07) is 1.21. The van der Waals surface area contributed by atoms with E-state index in [0.29, 0.717) is 17.6 Å². The van der Waals surface area contributed by atoms with Crippen molar-refractivity contribution in [2.75, 3.05) is 32.1 Å². The number of aliphatic imine (C=N–C) groups is 1. The predicted molar refractivity (Wildman–Crippen MR) is 130 cm³/mol. The largest absolute Gasteiger partial charge is 0.361 e. The van der Waals surface area contributed by atoms with Gasteiger partial charge in [-0.3, -0.25) is 14.6 Å². The van der Waals surface area contributed by atoms with Gasteiger partial charge in [-0.15, -0.1) is 11.3 Å². The molecule has 6 nitrogen and oxygen atoms in total. The highest BCUT2D eigenvalue weighted by atomic mass is 32.1. The van der Waals surface area contributed by atoms with Gasteiger partial charge in [0.2, 0.25) is 0 Å². The predicted octanol–water partition coefficient (Wildman–Crippen LogP) is 4.05. The second-order valence-electron chi connectivity index (χ2n) is 9.00. The average Bonchev–Trinajstić information content (AvgIpc) is 3.09. The van der Waals surface area contributed by atoms with Gasteiger partial charge in [-0.05, 0) is 73.0 Å². The summed E-state index contributed by atoms with van der Waals surface area (Å²) >= 11 is 1.66. The summed E-state index contributed by atoms with van der Waals surface area (Å²) in [5.74, 6) is -0.470. The summed E-state index contributed by atoms with van der Waals surface area (Å²) < 4.78 is 0. The van der Waals surface area contributed by atoms with E-state index in [4.69, 9.17) is 0 Å². The van der Waals surface area contributed by atoms with Crippen LogP contribution >= 0.6 is 11.3 Å². The minimum Gasteiger partial charge on any atom is -0.361 e. The third-order valence-corrected chi connectivity index (χ3v) is 7.83. The molecular weight excluding hydrogens is 408 g/mol. The molecule has 1 aliphatic carbocycles. The quantitative estimate of drug-likeness (QED) is 0.689. The smallest absolute Gasteiger partial charge is 0.252 e. The van der Waals surface area contributed by atoms with Gasteiger partial charge >= 0.3 is 0 Å². The first-order valence-electron chi connectivity index (χ1n) is 11.3. The van der Waals surface area contributed by atoms with Crippen LogP contribution in [0, 0.1) is 12.8 Å². The van der Waals surface area contributed by atoms with Gasteiger partial charge < -0.3 is 15.1 Å². The van der Waals surface area contributed by atoms with Crippen molar-refractivity contribution < 1.29 is 9.59 Å². The first-order chi connectivity index (χ1) is 14.7. The number of hydrogen-bond donors (Lipinski definition) is 1. The van der Waals surface area contributed by atoms with E-state index in [2.05, 4.69) is 41.1 Å². The molecule has 1 aromatic rings. The van der Waals surface area contributed by atoms with E-state index >= 15 is 0 Å². The lowest BCUT2D eigenvalue weighted by Gasteiger charge is -2.39. The maximum absolute atomic E-state index is 12.9. The van der Waals surface area contributed by atoms with Gasteiger partial charge in [0.25, 0.3) is 5.91 Å². The number of carbonyl (C=O) groups excluding carboxylic acids is 2. The number of thiophene rings is 1. The van der Waals surface area contributed by atoms with E-state index in [0.717, 1.165) is 23.5 Å². The van der Waals surface area contributed by atoms with E-state index in [9.17, 15) is 9.59 Å². The number of nitrogens with one attached hydrogen (secondary N) is 1. The number of ketones is 1. The van der Waals surface area contributed by atoms with Crippen molar-refractivity contribution in [1.82, 2.24) is 10.2 Å². The summed E-state index contributed by atoms with van der Waals surface area (Å²) in [5.41, 5.74) is 3.24. The van der Waals surface area contributed by atoms with Gasteiger partial charge in [0.05, 0.1) is 16.5 Å². The van der Waals surface area contributed by atoms with Crippen molar-refractivity contribution >= 4 is 33.7 Å². The fourth-order valence-corrected chi connectivity index (χ4v) is 6.02. The number of allylic oxidation sites excluding steroid dienone is 2. The molecule has 0 bridgehead atoms. The monoisotopic (exact) mass is 444 g/mol. The van der Waals surface area contributed by atoms with Crippen molar-refractivity contribution in [3.8, 4) is 0 Å². The Bertz CT molecular complexity index is 878. The van der Waals surface area contributed by atoms with Crippen molar-refractivity contribution in [3.63, 3.8) is 0 Å². The molecule has 0 spiro atoms. The van der Waals surface area contributed by atoms with E-state index in [1.807, 2.05) is 26.2 Å². The van der Waals surface area contributed by atoms with Gasteiger partial charge in [-0.2, -0.15) is 0 Å². The molecule has 0 saturated heterocycles. The standard InChI is InChI=1S/C24H36N4O2S/c1-7-28(19-10-8-18(9-11-19)27(5)6)24-16(3)21(14-31-24)23(30)25-13-20-17(4)26-15(2)12-22(20)29/h12,14,18-20H,7-11,13H2,1-6H3,(H,25,30). The van der Waals surface area contributed by atoms with Gasteiger partial charge in [0.1, 0.15) is 0 Å². The second kappa shape index (κ2) is 10.1. The lowest BCUT2D eigenvalue weighted by atomic mass is 9.89. The fraction of sp³-hybridized carbons (Fsp3) is 0.625. The Morgan fingerprint density at radius 2 is 1.81 bits per heavy atom. The van der Waals surface area contributed by atoms with Crippen molar-refractivity contribution in [1.29, 1.82) is 0 Å². The van der Waals surface area contributed by atoms with Crippen LogP contribution in [0.3, 0.4) is 0 Å². The molecule has 1 amide bonds. The van der Waals surface area contributed by atoms with Crippen LogP contribution in [0.4, 0.5) is 5.00 Å². The highest BCUT2D eigenvalue weighted by Crippen LogP contribution is 2.36. The first-order valence-corrected chi connectivity index (χ1v) is 12.2. The van der Waals surface area contributed by atoms with Crippen molar-refractivity contribution in [2.24, 2.45) is 10.9 Å². The van der Waals surface area contributed by atoms with Gasteiger partial charge in [-0.1, -0.05) is 0 Å². The number of hydrogen-bond acceptors (Lipinski definition) is 6. The van der Waals surface area contributed by atoms with Crippen molar-refractivity contribution in [2.45, 2.75) is 65.5 Å². The molecule has 1 atom stereocenters.